The Labute approximate surface area is 194 Å². The standard InChI is InChI=1S/C28H41NO3/c1-6-7-8-9-10-19-31-25-16-14-24(15-17-25)29-27(30)28(4,5)18-11-20-32-26-21-22(2)12-13-23(26)3/h12-17,21H,6-11,18-20H2,1-5H3,(H,29,30). The third kappa shape index (κ3) is 8.94. The van der Waals surface area contributed by atoms with Gasteiger partial charge in [-0.15, -0.1) is 0 Å². The van der Waals surface area contributed by atoms with E-state index in [4.69, 9.17) is 9.47 Å². The molecule has 1 N–H and O–H groups in total. The predicted molar refractivity (Wildman–Crippen MR) is 134 cm³/mol. The first-order valence-corrected chi connectivity index (χ1v) is 12.1. The number of carbonyl (C=O) groups excluding carboxylic acids is 1. The number of unbranched alkanes of at least 4 members (excludes halogenated alkanes) is 4. The molecule has 1 amide bonds. The van der Waals surface area contributed by atoms with Crippen LogP contribution in [0.2, 0.25) is 0 Å². The summed E-state index contributed by atoms with van der Waals surface area (Å²) in [6.07, 6.45) is 7.70. The number of anilines is 1. The molecule has 0 saturated heterocycles. The molecule has 0 radical (unpaired) electrons. The Balaban J connectivity index is 1.72. The second-order valence-corrected chi connectivity index (χ2v) is 9.35. The highest BCUT2D eigenvalue weighted by Crippen LogP contribution is 2.26. The fraction of sp³-hybridized carbons (Fsp3) is 0.536. The first-order valence-electron chi connectivity index (χ1n) is 12.1. The van der Waals surface area contributed by atoms with Crippen molar-refractivity contribution in [3.63, 3.8) is 0 Å². The van der Waals surface area contributed by atoms with E-state index in [1.54, 1.807) is 0 Å². The second-order valence-electron chi connectivity index (χ2n) is 9.35. The molecule has 2 rings (SSSR count). The Kier molecular flexibility index (Phi) is 10.6. The van der Waals surface area contributed by atoms with Gasteiger partial charge in [-0.1, -0.05) is 58.6 Å². The van der Waals surface area contributed by atoms with Crippen LogP contribution in [0.4, 0.5) is 5.69 Å². The number of benzene rings is 2. The van der Waals surface area contributed by atoms with Crippen molar-refractivity contribution >= 4 is 11.6 Å². The maximum Gasteiger partial charge on any atom is 0.230 e. The normalized spacial score (nSPS) is 11.3. The molecule has 0 aliphatic carbocycles. The maximum absolute atomic E-state index is 12.8. The van der Waals surface area contributed by atoms with Gasteiger partial charge in [-0.05, 0) is 74.6 Å². The number of amides is 1. The third-order valence-corrected chi connectivity index (χ3v) is 5.79. The summed E-state index contributed by atoms with van der Waals surface area (Å²) < 4.78 is 11.7. The van der Waals surface area contributed by atoms with Gasteiger partial charge < -0.3 is 14.8 Å². The zero-order valence-corrected chi connectivity index (χ0v) is 20.6. The molecule has 32 heavy (non-hydrogen) atoms. The van der Waals surface area contributed by atoms with Crippen LogP contribution in [-0.4, -0.2) is 19.1 Å². The summed E-state index contributed by atoms with van der Waals surface area (Å²) in [7, 11) is 0. The van der Waals surface area contributed by atoms with Crippen molar-refractivity contribution in [2.75, 3.05) is 18.5 Å². The highest BCUT2D eigenvalue weighted by molar-refractivity contribution is 5.94. The van der Waals surface area contributed by atoms with Crippen LogP contribution < -0.4 is 14.8 Å². The number of hydrogen-bond donors (Lipinski definition) is 1. The quantitative estimate of drug-likeness (QED) is 0.310. The molecule has 0 spiro atoms. The Morgan fingerprint density at radius 3 is 2.28 bits per heavy atom. The van der Waals surface area contributed by atoms with Crippen LogP contribution in [0.1, 0.15) is 76.8 Å². The average Bonchev–Trinajstić information content (AvgIpc) is 2.77. The first-order chi connectivity index (χ1) is 15.3. The SMILES string of the molecule is CCCCCCCOc1ccc(NC(=O)C(C)(C)CCCOc2cc(C)ccc2C)cc1. The van der Waals surface area contributed by atoms with Gasteiger partial charge in [-0.2, -0.15) is 0 Å². The van der Waals surface area contributed by atoms with Gasteiger partial charge >= 0.3 is 0 Å². The van der Waals surface area contributed by atoms with Gasteiger partial charge in [0.2, 0.25) is 5.91 Å². The number of carbonyl (C=O) groups is 1. The summed E-state index contributed by atoms with van der Waals surface area (Å²) in [4.78, 5) is 12.8. The van der Waals surface area contributed by atoms with E-state index in [1.165, 1.54) is 31.2 Å². The lowest BCUT2D eigenvalue weighted by atomic mass is 9.87. The van der Waals surface area contributed by atoms with Crippen molar-refractivity contribution in [2.24, 2.45) is 5.41 Å². The number of hydrogen-bond acceptors (Lipinski definition) is 3. The Morgan fingerprint density at radius 1 is 0.875 bits per heavy atom. The van der Waals surface area contributed by atoms with Crippen LogP contribution >= 0.6 is 0 Å². The van der Waals surface area contributed by atoms with E-state index >= 15 is 0 Å². The predicted octanol–water partition coefficient (Wildman–Crippen LogP) is 7.48. The summed E-state index contributed by atoms with van der Waals surface area (Å²) in [5.41, 5.74) is 2.65. The van der Waals surface area contributed by atoms with E-state index in [0.717, 1.165) is 48.6 Å². The molecule has 0 fully saturated rings. The molecule has 0 aliphatic rings. The van der Waals surface area contributed by atoms with Gasteiger partial charge in [-0.25, -0.2) is 0 Å². The fourth-order valence-electron chi connectivity index (χ4n) is 3.50. The van der Waals surface area contributed by atoms with Crippen molar-refractivity contribution < 1.29 is 14.3 Å². The van der Waals surface area contributed by atoms with E-state index in [0.29, 0.717) is 6.61 Å². The van der Waals surface area contributed by atoms with Crippen LogP contribution in [-0.2, 0) is 4.79 Å². The van der Waals surface area contributed by atoms with Crippen LogP contribution in [0.5, 0.6) is 11.5 Å². The lowest BCUT2D eigenvalue weighted by Crippen LogP contribution is -2.31. The van der Waals surface area contributed by atoms with Gasteiger partial charge in [0.25, 0.3) is 0 Å². The van der Waals surface area contributed by atoms with E-state index in [9.17, 15) is 4.79 Å². The lowest BCUT2D eigenvalue weighted by Gasteiger charge is -2.24. The van der Waals surface area contributed by atoms with Gasteiger partial charge in [-0.3, -0.25) is 4.79 Å². The van der Waals surface area contributed by atoms with Crippen molar-refractivity contribution in [1.29, 1.82) is 0 Å². The van der Waals surface area contributed by atoms with Crippen LogP contribution in [0.3, 0.4) is 0 Å². The highest BCUT2D eigenvalue weighted by atomic mass is 16.5. The van der Waals surface area contributed by atoms with Gasteiger partial charge in [0.15, 0.2) is 0 Å². The Bertz CT molecular complexity index is 827. The summed E-state index contributed by atoms with van der Waals surface area (Å²) in [6.45, 7) is 11.6. The van der Waals surface area contributed by atoms with E-state index in [2.05, 4.69) is 44.3 Å². The average molecular weight is 440 g/mol. The first kappa shape index (κ1) is 25.8. The summed E-state index contributed by atoms with van der Waals surface area (Å²) in [5, 5.41) is 3.04. The number of nitrogens with one attached hydrogen (secondary N) is 1. The zero-order valence-electron chi connectivity index (χ0n) is 20.6. The molecule has 0 saturated carbocycles. The topological polar surface area (TPSA) is 47.6 Å². The molecule has 0 heterocycles. The van der Waals surface area contributed by atoms with Crippen molar-refractivity contribution in [2.45, 2.75) is 79.6 Å². The molecule has 4 heteroatoms. The number of aryl methyl sites for hydroxylation is 2. The van der Waals surface area contributed by atoms with Crippen molar-refractivity contribution in [3.05, 3.63) is 53.6 Å². The fourth-order valence-corrected chi connectivity index (χ4v) is 3.50. The minimum absolute atomic E-state index is 0.0221. The molecular formula is C28H41NO3. The summed E-state index contributed by atoms with van der Waals surface area (Å²) in [5.74, 6) is 1.80. The molecule has 0 unspecified atom stereocenters. The summed E-state index contributed by atoms with van der Waals surface area (Å²) in [6, 6.07) is 13.9. The minimum Gasteiger partial charge on any atom is -0.494 e. The molecule has 176 valence electrons. The number of rotatable bonds is 14. The van der Waals surface area contributed by atoms with E-state index < -0.39 is 5.41 Å². The van der Waals surface area contributed by atoms with Crippen LogP contribution in [0.25, 0.3) is 0 Å². The van der Waals surface area contributed by atoms with E-state index in [-0.39, 0.29) is 5.91 Å². The Morgan fingerprint density at radius 2 is 1.56 bits per heavy atom. The maximum atomic E-state index is 12.8. The van der Waals surface area contributed by atoms with Crippen molar-refractivity contribution in [3.8, 4) is 11.5 Å². The van der Waals surface area contributed by atoms with Crippen molar-refractivity contribution in [1.82, 2.24) is 0 Å². The minimum atomic E-state index is -0.474. The largest absolute Gasteiger partial charge is 0.494 e. The molecule has 2 aromatic carbocycles. The van der Waals surface area contributed by atoms with Gasteiger partial charge in [0.05, 0.1) is 13.2 Å². The van der Waals surface area contributed by atoms with Gasteiger partial charge in [0, 0.05) is 11.1 Å². The monoisotopic (exact) mass is 439 g/mol. The Hall–Kier alpha value is -2.49. The summed E-state index contributed by atoms with van der Waals surface area (Å²) >= 11 is 0. The molecular weight excluding hydrogens is 398 g/mol. The zero-order chi connectivity index (χ0) is 23.4. The molecule has 0 atom stereocenters. The van der Waals surface area contributed by atoms with Crippen LogP contribution in [0.15, 0.2) is 42.5 Å². The second kappa shape index (κ2) is 13.1. The third-order valence-electron chi connectivity index (χ3n) is 5.79. The lowest BCUT2D eigenvalue weighted by molar-refractivity contribution is -0.124. The van der Waals surface area contributed by atoms with E-state index in [1.807, 2.05) is 38.1 Å². The van der Waals surface area contributed by atoms with Gasteiger partial charge in [0.1, 0.15) is 11.5 Å². The molecule has 0 bridgehead atoms. The van der Waals surface area contributed by atoms with Crippen LogP contribution in [0, 0.1) is 19.3 Å². The number of ether oxygens (including phenoxy) is 2. The molecule has 0 aromatic heterocycles. The molecule has 4 nitrogen and oxygen atoms in total. The molecule has 0 aliphatic heterocycles. The molecule has 2 aromatic rings. The smallest absolute Gasteiger partial charge is 0.230 e. The highest BCUT2D eigenvalue weighted by Gasteiger charge is 2.27.